The van der Waals surface area contributed by atoms with Crippen LogP contribution >= 0.6 is 0 Å². The van der Waals surface area contributed by atoms with Crippen molar-refractivity contribution in [3.63, 3.8) is 0 Å². The molecular formula is C20H20N2O6. The maximum Gasteiger partial charge on any atom is 0.336 e. The molecule has 8 nitrogen and oxygen atoms in total. The Labute approximate surface area is 161 Å². The van der Waals surface area contributed by atoms with Gasteiger partial charge in [-0.1, -0.05) is 24.6 Å². The Kier molecular flexibility index (Phi) is 6.86. The molecule has 0 aliphatic heterocycles. The lowest BCUT2D eigenvalue weighted by Gasteiger charge is -2.12. The van der Waals surface area contributed by atoms with Gasteiger partial charge in [-0.15, -0.1) is 0 Å². The first-order chi connectivity index (χ1) is 13.4. The Bertz CT molecular complexity index is 923. The van der Waals surface area contributed by atoms with Crippen molar-refractivity contribution in [2.45, 2.75) is 20.3 Å². The number of rotatable bonds is 8. The minimum atomic E-state index is -1.22. The number of carboxylic acids is 1. The van der Waals surface area contributed by atoms with Gasteiger partial charge in [-0.25, -0.2) is 4.79 Å². The molecular weight excluding hydrogens is 364 g/mol. The number of carboxylic acid groups (broad SMARTS) is 1. The largest absolute Gasteiger partial charge is 0.478 e. The van der Waals surface area contributed by atoms with Gasteiger partial charge < -0.3 is 20.5 Å². The number of hydrogen-bond donors (Lipinski definition) is 3. The van der Waals surface area contributed by atoms with Crippen molar-refractivity contribution in [2.24, 2.45) is 0 Å². The number of carbonyl (C=O) groups is 4. The molecule has 0 aromatic heterocycles. The molecule has 0 unspecified atom stereocenters. The van der Waals surface area contributed by atoms with Gasteiger partial charge in [-0.2, -0.15) is 0 Å². The molecule has 2 aromatic carbocycles. The smallest absolute Gasteiger partial charge is 0.336 e. The molecule has 0 saturated heterocycles. The predicted octanol–water partition coefficient (Wildman–Crippen LogP) is 1.91. The first-order valence-electron chi connectivity index (χ1n) is 8.51. The molecule has 0 heterocycles. The molecule has 0 aliphatic carbocycles. The lowest BCUT2D eigenvalue weighted by atomic mass is 10.0. The van der Waals surface area contributed by atoms with E-state index in [0.29, 0.717) is 6.42 Å². The van der Waals surface area contributed by atoms with E-state index in [0.717, 1.165) is 11.1 Å². The summed E-state index contributed by atoms with van der Waals surface area (Å²) in [6.45, 7) is 3.64. The zero-order valence-corrected chi connectivity index (χ0v) is 15.4. The molecule has 0 fully saturated rings. The van der Waals surface area contributed by atoms with Crippen molar-refractivity contribution in [3.8, 4) is 5.75 Å². The van der Waals surface area contributed by atoms with Crippen LogP contribution in [0, 0.1) is 6.92 Å². The summed E-state index contributed by atoms with van der Waals surface area (Å²) >= 11 is 0. The molecule has 0 aliphatic rings. The molecule has 0 radical (unpaired) electrons. The fourth-order valence-corrected chi connectivity index (χ4v) is 2.56. The monoisotopic (exact) mass is 384 g/mol. The molecule has 2 aromatic rings. The van der Waals surface area contributed by atoms with Gasteiger partial charge >= 0.3 is 5.97 Å². The van der Waals surface area contributed by atoms with Crippen molar-refractivity contribution in [3.05, 3.63) is 64.2 Å². The maximum atomic E-state index is 12.4. The quantitative estimate of drug-likeness (QED) is 0.472. The van der Waals surface area contributed by atoms with E-state index in [-0.39, 0.29) is 35.6 Å². The molecule has 0 atom stereocenters. The van der Waals surface area contributed by atoms with Gasteiger partial charge in [-0.3, -0.25) is 14.4 Å². The Morgan fingerprint density at radius 2 is 1.68 bits per heavy atom. The van der Waals surface area contributed by atoms with E-state index < -0.39 is 17.8 Å². The Hall–Kier alpha value is -3.68. The molecule has 0 saturated carbocycles. The van der Waals surface area contributed by atoms with Gasteiger partial charge in [-0.05, 0) is 43.2 Å². The minimum absolute atomic E-state index is 0.000272. The van der Waals surface area contributed by atoms with Gasteiger partial charge in [0.1, 0.15) is 5.75 Å². The van der Waals surface area contributed by atoms with Crippen LogP contribution in [0.25, 0.3) is 0 Å². The normalized spacial score (nSPS) is 10.1. The highest BCUT2D eigenvalue weighted by Crippen LogP contribution is 2.20. The first-order valence-corrected chi connectivity index (χ1v) is 8.51. The zero-order valence-electron chi connectivity index (χ0n) is 15.4. The van der Waals surface area contributed by atoms with E-state index in [9.17, 15) is 24.3 Å². The Morgan fingerprint density at radius 1 is 1.00 bits per heavy atom. The van der Waals surface area contributed by atoms with Gasteiger partial charge in [0.25, 0.3) is 18.3 Å². The van der Waals surface area contributed by atoms with E-state index in [2.05, 4.69) is 10.6 Å². The lowest BCUT2D eigenvalue weighted by molar-refractivity contribution is -0.120. The molecule has 0 spiro atoms. The fourth-order valence-electron chi connectivity index (χ4n) is 2.56. The molecule has 3 N–H and O–H groups in total. The second-order valence-electron chi connectivity index (χ2n) is 5.94. The second-order valence-corrected chi connectivity index (χ2v) is 5.94. The highest BCUT2D eigenvalue weighted by Gasteiger charge is 2.17. The number of aryl methyl sites for hydroxylation is 2. The summed E-state index contributed by atoms with van der Waals surface area (Å²) in [5.74, 6) is -2.30. The number of ether oxygens (including phenoxy) is 1. The van der Waals surface area contributed by atoms with E-state index >= 15 is 0 Å². The number of nitrogens with one attached hydrogen (secondary N) is 2. The molecule has 2 rings (SSSR count). The summed E-state index contributed by atoms with van der Waals surface area (Å²) in [7, 11) is 0. The van der Waals surface area contributed by atoms with Crippen molar-refractivity contribution < 1.29 is 29.0 Å². The van der Waals surface area contributed by atoms with E-state index in [1.54, 1.807) is 25.1 Å². The van der Waals surface area contributed by atoms with Crippen molar-refractivity contribution in [1.82, 2.24) is 10.6 Å². The highest BCUT2D eigenvalue weighted by molar-refractivity contribution is 6.05. The van der Waals surface area contributed by atoms with Crippen LogP contribution in [0.15, 0.2) is 36.4 Å². The maximum absolute atomic E-state index is 12.4. The van der Waals surface area contributed by atoms with Crippen molar-refractivity contribution in [2.75, 3.05) is 6.67 Å². The fraction of sp³-hybridized carbons (Fsp3) is 0.200. The molecule has 2 amide bonds. The van der Waals surface area contributed by atoms with E-state index in [1.165, 1.54) is 18.2 Å². The van der Waals surface area contributed by atoms with Crippen molar-refractivity contribution >= 4 is 24.3 Å². The average molecular weight is 384 g/mol. The van der Waals surface area contributed by atoms with Crippen LogP contribution in [-0.4, -0.2) is 36.0 Å². The zero-order chi connectivity index (χ0) is 20.7. The van der Waals surface area contributed by atoms with Gasteiger partial charge in [0.15, 0.2) is 0 Å². The molecule has 28 heavy (non-hydrogen) atoms. The number of hydrogen-bond acceptors (Lipinski definition) is 5. The molecule has 8 heteroatoms. The number of amides is 2. The van der Waals surface area contributed by atoms with Crippen LogP contribution in [0.1, 0.15) is 49.1 Å². The Morgan fingerprint density at radius 3 is 2.29 bits per heavy atom. The summed E-state index contributed by atoms with van der Waals surface area (Å²) in [4.78, 5) is 46.6. The van der Waals surface area contributed by atoms with Crippen LogP contribution in [0.5, 0.6) is 5.75 Å². The van der Waals surface area contributed by atoms with Crippen LogP contribution in [-0.2, 0) is 11.2 Å². The number of benzene rings is 2. The number of aromatic carboxylic acids is 1. The van der Waals surface area contributed by atoms with Crippen LogP contribution < -0.4 is 15.4 Å². The van der Waals surface area contributed by atoms with Gasteiger partial charge in [0, 0.05) is 0 Å². The van der Waals surface area contributed by atoms with Crippen LogP contribution in [0.2, 0.25) is 0 Å². The first kappa shape index (κ1) is 20.6. The van der Waals surface area contributed by atoms with E-state index in [1.807, 2.05) is 6.92 Å². The predicted molar refractivity (Wildman–Crippen MR) is 100 cm³/mol. The summed E-state index contributed by atoms with van der Waals surface area (Å²) < 4.78 is 4.82. The second kappa shape index (κ2) is 9.31. The topological polar surface area (TPSA) is 122 Å². The van der Waals surface area contributed by atoms with Crippen LogP contribution in [0.3, 0.4) is 0 Å². The minimum Gasteiger partial charge on any atom is -0.478 e. The molecule has 0 bridgehead atoms. The van der Waals surface area contributed by atoms with Crippen molar-refractivity contribution in [1.29, 1.82) is 0 Å². The lowest BCUT2D eigenvalue weighted by Crippen LogP contribution is -2.38. The van der Waals surface area contributed by atoms with Gasteiger partial charge in [0.05, 0.1) is 23.4 Å². The SMILES string of the molecule is CCc1ccc(OC=O)c(C(=O)NCNC(=O)c2cc(C)ccc2C(=O)O)c1. The highest BCUT2D eigenvalue weighted by atomic mass is 16.5. The standard InChI is InChI=1S/C20H20N2O6/c1-3-13-5-7-17(28-11-23)16(9-13)19(25)22-10-21-18(24)15-8-12(2)4-6-14(15)20(26)27/h4-9,11H,3,10H2,1-2H3,(H,21,24)(H,22,25)(H,26,27). The summed E-state index contributed by atoms with van der Waals surface area (Å²) in [6, 6.07) is 9.26. The summed E-state index contributed by atoms with van der Waals surface area (Å²) in [5, 5.41) is 14.2. The third-order valence-electron chi connectivity index (χ3n) is 4.02. The third kappa shape index (κ3) is 4.94. The van der Waals surface area contributed by atoms with Crippen LogP contribution in [0.4, 0.5) is 0 Å². The Balaban J connectivity index is 2.09. The third-order valence-corrected chi connectivity index (χ3v) is 4.02. The average Bonchev–Trinajstić information content (AvgIpc) is 2.67. The summed E-state index contributed by atoms with van der Waals surface area (Å²) in [6.07, 6.45) is 0.684. The molecule has 146 valence electrons. The van der Waals surface area contributed by atoms with Gasteiger partial charge in [0.2, 0.25) is 0 Å². The summed E-state index contributed by atoms with van der Waals surface area (Å²) in [5.41, 5.74) is 1.62. The number of carbonyl (C=O) groups excluding carboxylic acids is 3. The van der Waals surface area contributed by atoms with E-state index in [4.69, 9.17) is 4.74 Å².